The zero-order valence-corrected chi connectivity index (χ0v) is 16.0. The van der Waals surface area contributed by atoms with E-state index in [9.17, 15) is 9.90 Å². The van der Waals surface area contributed by atoms with Crippen LogP contribution in [0.3, 0.4) is 0 Å². The van der Waals surface area contributed by atoms with Crippen LogP contribution in [0.15, 0.2) is 42.5 Å². The molecule has 3 rings (SSSR count). The molecule has 2 aromatic carbocycles. The molecule has 5 nitrogen and oxygen atoms in total. The van der Waals surface area contributed by atoms with Gasteiger partial charge in [0.2, 0.25) is 5.91 Å². The number of carbonyl (C=O) groups is 1. The molecule has 7 heteroatoms. The molecule has 1 saturated heterocycles. The Morgan fingerprint density at radius 2 is 1.73 bits per heavy atom. The van der Waals surface area contributed by atoms with E-state index in [0.29, 0.717) is 15.7 Å². The monoisotopic (exact) mass is 393 g/mol. The summed E-state index contributed by atoms with van der Waals surface area (Å²) in [6.07, 6.45) is 0. The Morgan fingerprint density at radius 1 is 1.08 bits per heavy atom. The number of phenols is 1. The van der Waals surface area contributed by atoms with Crippen LogP contribution in [0.1, 0.15) is 6.92 Å². The van der Waals surface area contributed by atoms with E-state index < -0.39 is 0 Å². The third kappa shape index (κ3) is 4.41. The van der Waals surface area contributed by atoms with Gasteiger partial charge in [0, 0.05) is 36.9 Å². The second-order valence-corrected chi connectivity index (χ2v) is 7.17. The topological polar surface area (TPSA) is 55.8 Å². The summed E-state index contributed by atoms with van der Waals surface area (Å²) in [5.41, 5.74) is 1.64. The molecule has 0 saturated carbocycles. The van der Waals surface area contributed by atoms with Crippen molar-refractivity contribution >= 4 is 40.5 Å². The Labute approximate surface area is 163 Å². The molecule has 0 aromatic heterocycles. The average Bonchev–Trinajstić information content (AvgIpc) is 2.64. The number of nitrogens with zero attached hydrogens (tertiary/aromatic N) is 2. The largest absolute Gasteiger partial charge is 0.508 e. The molecule has 2 N–H and O–H groups in total. The maximum absolute atomic E-state index is 12.6. The maximum atomic E-state index is 12.6. The van der Waals surface area contributed by atoms with Gasteiger partial charge in [-0.05, 0) is 49.4 Å². The van der Waals surface area contributed by atoms with Crippen LogP contribution in [0.2, 0.25) is 10.0 Å². The van der Waals surface area contributed by atoms with Gasteiger partial charge in [-0.25, -0.2) is 0 Å². The Bertz CT molecular complexity index is 775. The molecular formula is C19H21Cl2N3O2. The first-order valence-electron chi connectivity index (χ1n) is 8.48. The zero-order valence-electron chi connectivity index (χ0n) is 14.5. The fourth-order valence-corrected chi connectivity index (χ4v) is 3.48. The third-order valence-electron chi connectivity index (χ3n) is 4.65. The van der Waals surface area contributed by atoms with Crippen LogP contribution in [0, 0.1) is 0 Å². The molecule has 1 aliphatic heterocycles. The highest BCUT2D eigenvalue weighted by molar-refractivity contribution is 6.36. The summed E-state index contributed by atoms with van der Waals surface area (Å²) in [5.74, 6) is 0.172. The van der Waals surface area contributed by atoms with E-state index in [1.54, 1.807) is 30.3 Å². The Morgan fingerprint density at radius 3 is 2.35 bits per heavy atom. The summed E-state index contributed by atoms with van der Waals surface area (Å²) in [7, 11) is 0. The minimum atomic E-state index is -0.260. The van der Waals surface area contributed by atoms with Gasteiger partial charge >= 0.3 is 0 Å². The second-order valence-electron chi connectivity index (χ2n) is 6.33. The minimum Gasteiger partial charge on any atom is -0.508 e. The first-order valence-corrected chi connectivity index (χ1v) is 9.23. The van der Waals surface area contributed by atoms with Crippen LogP contribution < -0.4 is 10.2 Å². The number of piperazine rings is 1. The van der Waals surface area contributed by atoms with Crippen molar-refractivity contribution in [3.05, 3.63) is 52.5 Å². The number of halogens is 2. The average molecular weight is 394 g/mol. The first-order chi connectivity index (χ1) is 12.4. The third-order valence-corrected chi connectivity index (χ3v) is 5.19. The molecule has 1 aliphatic rings. The minimum absolute atomic E-state index is 0.0905. The number of phenolic OH excluding ortho intramolecular Hbond substituents is 1. The molecule has 1 amide bonds. The molecular weight excluding hydrogens is 373 g/mol. The molecule has 1 heterocycles. The summed E-state index contributed by atoms with van der Waals surface area (Å²) in [5, 5.41) is 13.2. The lowest BCUT2D eigenvalue weighted by atomic mass is 10.2. The lowest BCUT2D eigenvalue weighted by Gasteiger charge is -2.38. The fraction of sp³-hybridized carbons (Fsp3) is 0.316. The van der Waals surface area contributed by atoms with Crippen molar-refractivity contribution in [3.8, 4) is 5.75 Å². The van der Waals surface area contributed by atoms with Gasteiger partial charge in [0.15, 0.2) is 0 Å². The lowest BCUT2D eigenvalue weighted by molar-refractivity contribution is -0.120. The van der Waals surface area contributed by atoms with Crippen LogP contribution in [0.25, 0.3) is 0 Å². The summed E-state index contributed by atoms with van der Waals surface area (Å²) in [6, 6.07) is 11.9. The van der Waals surface area contributed by atoms with Crippen LogP contribution in [0.4, 0.5) is 11.4 Å². The van der Waals surface area contributed by atoms with Crippen LogP contribution in [-0.2, 0) is 4.79 Å². The highest BCUT2D eigenvalue weighted by Crippen LogP contribution is 2.26. The van der Waals surface area contributed by atoms with E-state index in [4.69, 9.17) is 23.2 Å². The number of rotatable bonds is 4. The van der Waals surface area contributed by atoms with E-state index in [-0.39, 0.29) is 17.7 Å². The summed E-state index contributed by atoms with van der Waals surface area (Å²) in [6.45, 7) is 5.11. The number of hydrogen-bond donors (Lipinski definition) is 2. The van der Waals surface area contributed by atoms with Gasteiger partial charge in [-0.1, -0.05) is 23.2 Å². The maximum Gasteiger partial charge on any atom is 0.241 e. The van der Waals surface area contributed by atoms with Gasteiger partial charge in [-0.3, -0.25) is 9.69 Å². The van der Waals surface area contributed by atoms with Crippen molar-refractivity contribution in [1.82, 2.24) is 4.90 Å². The van der Waals surface area contributed by atoms with E-state index >= 15 is 0 Å². The van der Waals surface area contributed by atoms with Crippen molar-refractivity contribution < 1.29 is 9.90 Å². The standard InChI is InChI=1S/C19H21Cl2N3O2/c1-13(19(26)22-18-7-2-14(20)12-17(18)21)23-8-10-24(11-9-23)15-3-5-16(25)6-4-15/h2-7,12-13,25H,8-11H2,1H3,(H,22,26). The van der Waals surface area contributed by atoms with Crippen molar-refractivity contribution in [2.24, 2.45) is 0 Å². The molecule has 0 bridgehead atoms. The molecule has 138 valence electrons. The van der Waals surface area contributed by atoms with Gasteiger partial charge in [0.25, 0.3) is 0 Å². The lowest BCUT2D eigenvalue weighted by Crippen LogP contribution is -2.52. The molecule has 0 aliphatic carbocycles. The quantitative estimate of drug-likeness (QED) is 0.827. The zero-order chi connectivity index (χ0) is 18.7. The van der Waals surface area contributed by atoms with Crippen LogP contribution in [0.5, 0.6) is 5.75 Å². The number of amides is 1. The van der Waals surface area contributed by atoms with Crippen LogP contribution >= 0.6 is 23.2 Å². The summed E-state index contributed by atoms with van der Waals surface area (Å²) in [4.78, 5) is 16.9. The van der Waals surface area contributed by atoms with Crippen molar-refractivity contribution in [1.29, 1.82) is 0 Å². The SMILES string of the molecule is CC(C(=O)Nc1ccc(Cl)cc1Cl)N1CCN(c2ccc(O)cc2)CC1. The molecule has 1 unspecified atom stereocenters. The molecule has 0 radical (unpaired) electrons. The smallest absolute Gasteiger partial charge is 0.241 e. The van der Waals surface area contributed by atoms with E-state index in [1.807, 2.05) is 19.1 Å². The van der Waals surface area contributed by atoms with Crippen molar-refractivity contribution in [2.45, 2.75) is 13.0 Å². The number of benzene rings is 2. The van der Waals surface area contributed by atoms with Crippen molar-refractivity contribution in [2.75, 3.05) is 36.4 Å². The Kier molecular flexibility index (Phi) is 5.91. The number of hydrogen-bond acceptors (Lipinski definition) is 4. The molecule has 26 heavy (non-hydrogen) atoms. The number of anilines is 2. The molecule has 2 aromatic rings. The predicted octanol–water partition coefficient (Wildman–Crippen LogP) is 3.85. The highest BCUT2D eigenvalue weighted by atomic mass is 35.5. The van der Waals surface area contributed by atoms with Gasteiger partial charge < -0.3 is 15.3 Å². The van der Waals surface area contributed by atoms with Gasteiger partial charge in [-0.2, -0.15) is 0 Å². The summed E-state index contributed by atoms with van der Waals surface area (Å²) < 4.78 is 0. The fourth-order valence-electron chi connectivity index (χ4n) is 3.02. The van der Waals surface area contributed by atoms with Crippen LogP contribution in [-0.4, -0.2) is 48.1 Å². The van der Waals surface area contributed by atoms with Gasteiger partial charge in [-0.15, -0.1) is 0 Å². The Balaban J connectivity index is 1.56. The molecule has 1 fully saturated rings. The first kappa shape index (κ1) is 18.8. The van der Waals surface area contributed by atoms with E-state index in [1.165, 1.54) is 0 Å². The van der Waals surface area contributed by atoms with E-state index in [0.717, 1.165) is 31.9 Å². The van der Waals surface area contributed by atoms with Gasteiger partial charge in [0.1, 0.15) is 5.75 Å². The van der Waals surface area contributed by atoms with Crippen molar-refractivity contribution in [3.63, 3.8) is 0 Å². The summed E-state index contributed by atoms with van der Waals surface area (Å²) >= 11 is 12.0. The number of aromatic hydroxyl groups is 1. The molecule has 0 spiro atoms. The number of nitrogens with one attached hydrogen (secondary N) is 1. The van der Waals surface area contributed by atoms with E-state index in [2.05, 4.69) is 15.1 Å². The number of carbonyl (C=O) groups excluding carboxylic acids is 1. The molecule has 1 atom stereocenters. The predicted molar refractivity (Wildman–Crippen MR) is 106 cm³/mol. The Hall–Kier alpha value is -1.95. The highest BCUT2D eigenvalue weighted by Gasteiger charge is 2.26. The van der Waals surface area contributed by atoms with Gasteiger partial charge in [0.05, 0.1) is 16.8 Å². The normalized spacial score (nSPS) is 16.3. The second kappa shape index (κ2) is 8.16.